The minimum atomic E-state index is 0.523. The number of hydrogen-bond donors (Lipinski definition) is 0. The third-order valence-corrected chi connectivity index (χ3v) is 11.8. The summed E-state index contributed by atoms with van der Waals surface area (Å²) in [7, 11) is 0. The largest absolute Gasteiger partial charge is 0.309 e. The van der Waals surface area contributed by atoms with Gasteiger partial charge >= 0.3 is 0 Å². The molecule has 290 valence electrons. The lowest BCUT2D eigenvalue weighted by Gasteiger charge is -2.12. The molecule has 0 aliphatic heterocycles. The lowest BCUT2D eigenvalue weighted by molar-refractivity contribution is 1.06. The SMILES string of the molecule is c1ccc(-c2nc(-c3ccccc3)nc(-c3cc(-c4ccc5c6ccccc6n(-c6cccc(-c7ccc8c(c7)c7ccccc7n8-c7ccccc7)c6)c5c4)ccn3)n2)cc1. The minimum absolute atomic E-state index is 0.523. The van der Waals surface area contributed by atoms with Crippen LogP contribution in [0.3, 0.4) is 0 Å². The van der Waals surface area contributed by atoms with E-state index in [1.165, 1.54) is 38.1 Å². The number of hydrogen-bond acceptors (Lipinski definition) is 4. The van der Waals surface area contributed by atoms with Crippen LogP contribution in [0.15, 0.2) is 219 Å². The second kappa shape index (κ2) is 14.7. The van der Waals surface area contributed by atoms with Crippen molar-refractivity contribution >= 4 is 43.6 Å². The Bertz CT molecular complexity index is 3570. The third-order valence-electron chi connectivity index (χ3n) is 11.8. The molecule has 6 nitrogen and oxygen atoms in total. The summed E-state index contributed by atoms with van der Waals surface area (Å²) in [5, 5.41) is 4.87. The van der Waals surface area contributed by atoms with Gasteiger partial charge in [0.15, 0.2) is 17.5 Å². The highest BCUT2D eigenvalue weighted by atomic mass is 15.0. The number of rotatable bonds is 7. The molecule has 0 spiro atoms. The maximum atomic E-state index is 4.96. The van der Waals surface area contributed by atoms with Gasteiger partial charge in [0.2, 0.25) is 0 Å². The molecule has 0 amide bonds. The van der Waals surface area contributed by atoms with Crippen LogP contribution in [0.2, 0.25) is 0 Å². The van der Waals surface area contributed by atoms with Crippen LogP contribution in [0.5, 0.6) is 0 Å². The van der Waals surface area contributed by atoms with Crippen molar-refractivity contribution in [1.29, 1.82) is 0 Å². The van der Waals surface area contributed by atoms with Gasteiger partial charge in [0.25, 0.3) is 0 Å². The number of aromatic nitrogens is 6. The van der Waals surface area contributed by atoms with Gasteiger partial charge in [-0.15, -0.1) is 0 Å². The van der Waals surface area contributed by atoms with Crippen LogP contribution in [-0.2, 0) is 0 Å². The molecular formula is C56H36N6. The second-order valence-corrected chi connectivity index (χ2v) is 15.5. The number of benzene rings is 8. The van der Waals surface area contributed by atoms with Crippen LogP contribution in [0.1, 0.15) is 0 Å². The number of para-hydroxylation sites is 3. The first-order valence-electron chi connectivity index (χ1n) is 20.8. The molecule has 62 heavy (non-hydrogen) atoms. The Kier molecular flexibility index (Phi) is 8.38. The molecule has 12 aromatic rings. The van der Waals surface area contributed by atoms with Gasteiger partial charge in [0, 0.05) is 50.2 Å². The zero-order chi connectivity index (χ0) is 41.0. The lowest BCUT2D eigenvalue weighted by atomic mass is 10.0. The van der Waals surface area contributed by atoms with E-state index in [0.29, 0.717) is 23.2 Å². The predicted molar refractivity (Wildman–Crippen MR) is 253 cm³/mol. The van der Waals surface area contributed by atoms with Crippen LogP contribution in [0, 0.1) is 0 Å². The quantitative estimate of drug-likeness (QED) is 0.161. The molecule has 4 heterocycles. The van der Waals surface area contributed by atoms with Gasteiger partial charge in [-0.05, 0) is 89.0 Å². The minimum Gasteiger partial charge on any atom is -0.309 e. The molecule has 0 unspecified atom stereocenters. The predicted octanol–water partition coefficient (Wildman–Crippen LogP) is 13.8. The molecule has 0 saturated carbocycles. The summed E-state index contributed by atoms with van der Waals surface area (Å²) in [6.07, 6.45) is 1.84. The van der Waals surface area contributed by atoms with E-state index in [-0.39, 0.29) is 0 Å². The van der Waals surface area contributed by atoms with Crippen molar-refractivity contribution in [3.8, 4) is 67.9 Å². The molecule has 0 saturated heterocycles. The standard InChI is InChI=1S/C56H36N6/c1-4-15-37(16-5-1)54-58-55(38-17-6-2-7-18-38)60-56(59-54)49-35-42(31-32-57-49)41-27-29-47-45-23-10-12-25-50(45)62(53(47)36-41)44-22-14-19-39(33-44)40-28-30-52-48(34-40)46-24-11-13-26-51(46)61(52)43-20-8-3-9-21-43/h1-36H. The Morgan fingerprint density at radius 3 is 1.47 bits per heavy atom. The normalized spacial score (nSPS) is 11.5. The van der Waals surface area contributed by atoms with Gasteiger partial charge in [0.1, 0.15) is 5.69 Å². The van der Waals surface area contributed by atoms with E-state index in [1.807, 2.05) is 66.9 Å². The maximum absolute atomic E-state index is 4.96. The molecule has 8 aromatic carbocycles. The van der Waals surface area contributed by atoms with Crippen molar-refractivity contribution < 1.29 is 0 Å². The number of nitrogens with zero attached hydrogens (tertiary/aromatic N) is 6. The monoisotopic (exact) mass is 792 g/mol. The van der Waals surface area contributed by atoms with E-state index >= 15 is 0 Å². The number of pyridine rings is 1. The van der Waals surface area contributed by atoms with Crippen molar-refractivity contribution in [2.75, 3.05) is 0 Å². The molecule has 12 rings (SSSR count). The summed E-state index contributed by atoms with van der Waals surface area (Å²) in [5.74, 6) is 1.73. The van der Waals surface area contributed by atoms with E-state index in [1.54, 1.807) is 0 Å². The summed E-state index contributed by atoms with van der Waals surface area (Å²) in [4.78, 5) is 19.6. The first-order valence-corrected chi connectivity index (χ1v) is 20.8. The molecule has 0 N–H and O–H groups in total. The lowest BCUT2D eigenvalue weighted by Crippen LogP contribution is -2.01. The van der Waals surface area contributed by atoms with Gasteiger partial charge in [-0.3, -0.25) is 4.98 Å². The van der Waals surface area contributed by atoms with Crippen LogP contribution in [-0.4, -0.2) is 29.1 Å². The molecule has 0 atom stereocenters. The van der Waals surface area contributed by atoms with E-state index in [4.69, 9.17) is 19.9 Å². The molecule has 6 heteroatoms. The highest BCUT2D eigenvalue weighted by Crippen LogP contribution is 2.38. The topological polar surface area (TPSA) is 61.4 Å². The Morgan fingerprint density at radius 1 is 0.274 bits per heavy atom. The Morgan fingerprint density at radius 2 is 0.758 bits per heavy atom. The Hall–Kier alpha value is -8.48. The van der Waals surface area contributed by atoms with Crippen LogP contribution >= 0.6 is 0 Å². The van der Waals surface area contributed by atoms with E-state index in [2.05, 4.69) is 161 Å². The average Bonchev–Trinajstić information content (AvgIpc) is 3.87. The fourth-order valence-electron chi connectivity index (χ4n) is 8.92. The molecule has 0 fully saturated rings. The van der Waals surface area contributed by atoms with Gasteiger partial charge < -0.3 is 9.13 Å². The molecule has 0 aliphatic rings. The molecule has 0 aliphatic carbocycles. The third kappa shape index (κ3) is 6.04. The van der Waals surface area contributed by atoms with Gasteiger partial charge in [-0.1, -0.05) is 146 Å². The molecule has 4 aromatic heterocycles. The summed E-state index contributed by atoms with van der Waals surface area (Å²) >= 11 is 0. The summed E-state index contributed by atoms with van der Waals surface area (Å²) in [6.45, 7) is 0. The van der Waals surface area contributed by atoms with E-state index < -0.39 is 0 Å². The summed E-state index contributed by atoms with van der Waals surface area (Å²) < 4.78 is 4.75. The van der Waals surface area contributed by atoms with E-state index in [0.717, 1.165) is 50.2 Å². The Balaban J connectivity index is 0.971. The summed E-state index contributed by atoms with van der Waals surface area (Å²) in [6, 6.07) is 74.7. The fourth-order valence-corrected chi connectivity index (χ4v) is 8.92. The van der Waals surface area contributed by atoms with Crippen molar-refractivity contribution in [2.24, 2.45) is 0 Å². The summed E-state index contributed by atoms with van der Waals surface area (Å²) in [5.41, 5.74) is 13.9. The smallest absolute Gasteiger partial charge is 0.182 e. The molecular weight excluding hydrogens is 757 g/mol. The fraction of sp³-hybridized carbons (Fsp3) is 0. The van der Waals surface area contributed by atoms with E-state index in [9.17, 15) is 0 Å². The van der Waals surface area contributed by atoms with Crippen molar-refractivity contribution in [3.05, 3.63) is 219 Å². The highest BCUT2D eigenvalue weighted by molar-refractivity contribution is 6.11. The van der Waals surface area contributed by atoms with Crippen molar-refractivity contribution in [3.63, 3.8) is 0 Å². The van der Waals surface area contributed by atoms with Gasteiger partial charge in [-0.25, -0.2) is 15.0 Å². The molecule has 0 bridgehead atoms. The van der Waals surface area contributed by atoms with Crippen LogP contribution in [0.25, 0.3) is 112 Å². The van der Waals surface area contributed by atoms with Crippen molar-refractivity contribution in [2.45, 2.75) is 0 Å². The van der Waals surface area contributed by atoms with Crippen molar-refractivity contribution in [1.82, 2.24) is 29.1 Å². The van der Waals surface area contributed by atoms with Crippen LogP contribution in [0.4, 0.5) is 0 Å². The first-order chi connectivity index (χ1) is 30.7. The highest BCUT2D eigenvalue weighted by Gasteiger charge is 2.18. The maximum Gasteiger partial charge on any atom is 0.182 e. The average molecular weight is 793 g/mol. The second-order valence-electron chi connectivity index (χ2n) is 15.5. The van der Waals surface area contributed by atoms with Gasteiger partial charge in [-0.2, -0.15) is 0 Å². The zero-order valence-corrected chi connectivity index (χ0v) is 33.5. The zero-order valence-electron chi connectivity index (χ0n) is 33.5. The van der Waals surface area contributed by atoms with Crippen LogP contribution < -0.4 is 0 Å². The van der Waals surface area contributed by atoms with Gasteiger partial charge in [0.05, 0.1) is 22.1 Å². The first kappa shape index (κ1) is 35.5. The number of fused-ring (bicyclic) bond motifs is 6. The Labute approximate surface area is 357 Å². The molecule has 0 radical (unpaired) electrons.